The molecule has 21 heavy (non-hydrogen) atoms. The van der Waals surface area contributed by atoms with Crippen molar-refractivity contribution >= 4 is 28.8 Å². The van der Waals surface area contributed by atoms with Gasteiger partial charge >= 0.3 is 0 Å². The van der Waals surface area contributed by atoms with Crippen LogP contribution in [0.1, 0.15) is 16.7 Å². The molecule has 0 fully saturated rings. The van der Waals surface area contributed by atoms with Crippen molar-refractivity contribution in [2.45, 2.75) is 13.1 Å². The molecule has 0 aliphatic heterocycles. The maximum atomic E-state index is 14.0. The van der Waals surface area contributed by atoms with Crippen molar-refractivity contribution in [3.05, 3.63) is 70.0 Å². The number of nitrogens with two attached hydrogens (primary N) is 1. The van der Waals surface area contributed by atoms with Gasteiger partial charge in [-0.3, -0.25) is 4.90 Å². The summed E-state index contributed by atoms with van der Waals surface area (Å²) in [4.78, 5) is 2.23. The highest BCUT2D eigenvalue weighted by atomic mass is 35.5. The first-order chi connectivity index (χ1) is 9.95. The van der Waals surface area contributed by atoms with Crippen LogP contribution in [0.25, 0.3) is 0 Å². The highest BCUT2D eigenvalue weighted by molar-refractivity contribution is 7.80. The first kappa shape index (κ1) is 15.9. The van der Waals surface area contributed by atoms with Gasteiger partial charge < -0.3 is 5.73 Å². The van der Waals surface area contributed by atoms with Gasteiger partial charge in [-0.05, 0) is 30.8 Å². The summed E-state index contributed by atoms with van der Waals surface area (Å²) in [5.74, 6) is -0.289. The fourth-order valence-electron chi connectivity index (χ4n) is 2.08. The summed E-state index contributed by atoms with van der Waals surface area (Å²) in [6.07, 6.45) is 0. The molecule has 2 aromatic rings. The van der Waals surface area contributed by atoms with E-state index >= 15 is 0 Å². The maximum Gasteiger partial charge on any atom is 0.128 e. The Morgan fingerprint density at radius 3 is 2.43 bits per heavy atom. The van der Waals surface area contributed by atoms with Crippen LogP contribution in [0.5, 0.6) is 0 Å². The molecule has 2 nitrogen and oxygen atoms in total. The number of nitrogens with zero attached hydrogens (tertiary/aromatic N) is 1. The predicted molar refractivity (Wildman–Crippen MR) is 88.9 cm³/mol. The molecule has 0 bridgehead atoms. The van der Waals surface area contributed by atoms with E-state index in [1.54, 1.807) is 12.1 Å². The minimum absolute atomic E-state index is 0.204. The van der Waals surface area contributed by atoms with Crippen molar-refractivity contribution in [1.82, 2.24) is 4.90 Å². The topological polar surface area (TPSA) is 29.3 Å². The van der Waals surface area contributed by atoms with Gasteiger partial charge in [-0.25, -0.2) is 4.39 Å². The van der Waals surface area contributed by atoms with Gasteiger partial charge in [0.25, 0.3) is 0 Å². The van der Waals surface area contributed by atoms with Crippen molar-refractivity contribution in [3.63, 3.8) is 0 Å². The second kappa shape index (κ2) is 6.98. The molecular weight excluding hydrogens is 307 g/mol. The van der Waals surface area contributed by atoms with Crippen molar-refractivity contribution in [2.75, 3.05) is 7.05 Å². The molecule has 0 atom stereocenters. The minimum Gasteiger partial charge on any atom is -0.389 e. The van der Waals surface area contributed by atoms with E-state index in [9.17, 15) is 4.39 Å². The molecule has 0 heterocycles. The van der Waals surface area contributed by atoms with E-state index in [0.717, 1.165) is 5.56 Å². The average Bonchev–Trinajstić information content (AvgIpc) is 2.43. The third kappa shape index (κ3) is 4.49. The fourth-order valence-corrected chi connectivity index (χ4v) is 2.33. The lowest BCUT2D eigenvalue weighted by Gasteiger charge is -2.17. The second-order valence-electron chi connectivity index (χ2n) is 4.97. The summed E-state index contributed by atoms with van der Waals surface area (Å²) >= 11 is 10.7. The maximum absolute atomic E-state index is 14.0. The van der Waals surface area contributed by atoms with Gasteiger partial charge in [0.1, 0.15) is 10.8 Å². The standard InChI is InChI=1S/C16H16ClFN2S/c1-20(9-11-2-6-14(17)7-3-11)10-13-5-4-12(16(19)21)8-15(13)18/h2-8H,9-10H2,1H3,(H2,19,21). The van der Waals surface area contributed by atoms with Crippen LogP contribution in [0, 0.1) is 5.82 Å². The number of benzene rings is 2. The van der Waals surface area contributed by atoms with Crippen LogP contribution in [-0.2, 0) is 13.1 Å². The molecule has 2 aromatic carbocycles. The molecule has 0 amide bonds. The van der Waals surface area contributed by atoms with Crippen molar-refractivity contribution < 1.29 is 4.39 Å². The minimum atomic E-state index is -0.289. The third-order valence-electron chi connectivity index (χ3n) is 3.14. The zero-order valence-electron chi connectivity index (χ0n) is 11.6. The molecule has 0 aromatic heterocycles. The van der Waals surface area contributed by atoms with Crippen molar-refractivity contribution in [3.8, 4) is 0 Å². The molecule has 2 rings (SSSR count). The lowest BCUT2D eigenvalue weighted by Crippen LogP contribution is -2.18. The monoisotopic (exact) mass is 322 g/mol. The van der Waals surface area contributed by atoms with Crippen LogP contribution in [-0.4, -0.2) is 16.9 Å². The summed E-state index contributed by atoms with van der Waals surface area (Å²) in [5, 5.41) is 0.709. The Morgan fingerprint density at radius 1 is 1.19 bits per heavy atom. The first-order valence-electron chi connectivity index (χ1n) is 6.47. The van der Waals surface area contributed by atoms with E-state index < -0.39 is 0 Å². The number of hydrogen-bond donors (Lipinski definition) is 1. The summed E-state index contributed by atoms with van der Waals surface area (Å²) in [6.45, 7) is 1.22. The molecule has 110 valence electrons. The summed E-state index contributed by atoms with van der Waals surface area (Å²) in [5.41, 5.74) is 7.78. The third-order valence-corrected chi connectivity index (χ3v) is 3.63. The lowest BCUT2D eigenvalue weighted by molar-refractivity contribution is 0.313. The van der Waals surface area contributed by atoms with Gasteiger partial charge in [-0.2, -0.15) is 0 Å². The predicted octanol–water partition coefficient (Wildman–Crippen LogP) is 3.75. The Balaban J connectivity index is 2.04. The Labute approximate surface area is 134 Å². The van der Waals surface area contributed by atoms with Crippen LogP contribution in [0.4, 0.5) is 4.39 Å². The zero-order chi connectivity index (χ0) is 15.4. The normalized spacial score (nSPS) is 10.9. The molecular formula is C16H16ClFN2S. The van der Waals surface area contributed by atoms with Gasteiger partial charge in [-0.15, -0.1) is 0 Å². The van der Waals surface area contributed by atoms with Crippen LogP contribution in [0.2, 0.25) is 5.02 Å². The molecule has 2 N–H and O–H groups in total. The highest BCUT2D eigenvalue weighted by Gasteiger charge is 2.08. The fraction of sp³-hybridized carbons (Fsp3) is 0.188. The number of hydrogen-bond acceptors (Lipinski definition) is 2. The lowest BCUT2D eigenvalue weighted by atomic mass is 10.1. The molecule has 0 unspecified atom stereocenters. The van der Waals surface area contributed by atoms with Crippen LogP contribution in [0.3, 0.4) is 0 Å². The smallest absolute Gasteiger partial charge is 0.128 e. The van der Waals surface area contributed by atoms with Gasteiger partial charge in [0.05, 0.1) is 0 Å². The largest absolute Gasteiger partial charge is 0.389 e. The highest BCUT2D eigenvalue weighted by Crippen LogP contribution is 2.15. The Hall–Kier alpha value is -1.49. The summed E-state index contributed by atoms with van der Waals surface area (Å²) in [6, 6.07) is 12.5. The summed E-state index contributed by atoms with van der Waals surface area (Å²) < 4.78 is 14.0. The quantitative estimate of drug-likeness (QED) is 0.850. The number of rotatable bonds is 5. The zero-order valence-corrected chi connectivity index (χ0v) is 13.2. The summed E-state index contributed by atoms with van der Waals surface area (Å²) in [7, 11) is 1.94. The van der Waals surface area contributed by atoms with Crippen LogP contribution < -0.4 is 5.73 Å². The van der Waals surface area contributed by atoms with E-state index in [2.05, 4.69) is 0 Å². The van der Waals surface area contributed by atoms with Gasteiger partial charge in [-0.1, -0.05) is 48.1 Å². The Bertz CT molecular complexity index is 643. The van der Waals surface area contributed by atoms with Crippen molar-refractivity contribution in [2.24, 2.45) is 5.73 Å². The number of thiocarbonyl (C=S) groups is 1. The Morgan fingerprint density at radius 2 is 1.86 bits per heavy atom. The van der Waals surface area contributed by atoms with Gasteiger partial charge in [0.15, 0.2) is 0 Å². The molecule has 5 heteroatoms. The van der Waals surface area contributed by atoms with Gasteiger partial charge in [0, 0.05) is 29.2 Å². The van der Waals surface area contributed by atoms with Crippen molar-refractivity contribution in [1.29, 1.82) is 0 Å². The number of halogens is 2. The second-order valence-corrected chi connectivity index (χ2v) is 5.85. The van der Waals surface area contributed by atoms with E-state index in [-0.39, 0.29) is 10.8 Å². The van der Waals surface area contributed by atoms with E-state index in [1.807, 2.05) is 36.2 Å². The first-order valence-corrected chi connectivity index (χ1v) is 7.25. The molecule has 0 aliphatic rings. The van der Waals surface area contributed by atoms with Crippen LogP contribution in [0.15, 0.2) is 42.5 Å². The molecule has 0 spiro atoms. The SMILES string of the molecule is CN(Cc1ccc(Cl)cc1)Cc1ccc(C(N)=S)cc1F. The van der Waals surface area contributed by atoms with E-state index in [0.29, 0.717) is 29.2 Å². The molecule has 0 saturated heterocycles. The van der Waals surface area contributed by atoms with E-state index in [1.165, 1.54) is 6.07 Å². The molecule has 0 aliphatic carbocycles. The van der Waals surface area contributed by atoms with E-state index in [4.69, 9.17) is 29.6 Å². The average molecular weight is 323 g/mol. The van der Waals surface area contributed by atoms with Crippen LogP contribution >= 0.6 is 23.8 Å². The molecule has 0 saturated carbocycles. The molecule has 0 radical (unpaired) electrons. The van der Waals surface area contributed by atoms with Gasteiger partial charge in [0.2, 0.25) is 0 Å². The Kier molecular flexibility index (Phi) is 5.28.